The number of carbonyl (C=O) groups is 1. The Kier molecular flexibility index (Phi) is 3.07. The second-order valence-electron chi connectivity index (χ2n) is 6.05. The van der Waals surface area contributed by atoms with Gasteiger partial charge in [0.25, 0.3) is 0 Å². The van der Waals surface area contributed by atoms with E-state index in [0.29, 0.717) is 0 Å². The number of piperazine rings is 1. The van der Waals surface area contributed by atoms with E-state index < -0.39 is 121 Å². The van der Waals surface area contributed by atoms with Crippen LogP contribution in [0.15, 0.2) is 18.1 Å². The summed E-state index contributed by atoms with van der Waals surface area (Å²) in [4.78, 5) is 14.8. The lowest BCUT2D eigenvalue weighted by Gasteiger charge is -2.36. The molecule has 1 N–H and O–H groups in total. The van der Waals surface area contributed by atoms with Gasteiger partial charge in [0.15, 0.2) is 1.41 Å². The third-order valence-electron chi connectivity index (χ3n) is 3.88. The molecule has 1 heterocycles. The van der Waals surface area contributed by atoms with E-state index in [0.717, 1.165) is 0 Å². The van der Waals surface area contributed by atoms with Gasteiger partial charge in [-0.05, 0) is 43.4 Å². The molecule has 9 heteroatoms. The Labute approximate surface area is 209 Å². The molecule has 2 unspecified atom stereocenters. The SMILES string of the molecule is [2H]c1c(F)c([2H])c(N([2H])C(=O)C([2H])([2H])[2H])c([2H])c1N1CCN(C([2H])CCC([2H])N(C([2H])([2H])[2H])S(=O)(=O)C([2H])([2H])C([2H])(C([2H])([2H])[2H])C([2H])([2H])[2H])CC1. The molecule has 2 rings (SSSR count). The fourth-order valence-electron chi connectivity index (χ4n) is 2.58. The van der Waals surface area contributed by atoms with Gasteiger partial charge < -0.3 is 10.2 Å². The summed E-state index contributed by atoms with van der Waals surface area (Å²) in [5, 5.41) is -0.318. The number of sulfonamides is 1. The van der Waals surface area contributed by atoms with Crippen LogP contribution in [-0.4, -0.2) is 75.4 Å². The molecular weight excluding hydrogens is 407 g/mol. The number of amides is 1. The normalized spacial score (nSPS) is 30.6. The zero-order valence-electron chi connectivity index (χ0n) is 36.7. The Bertz CT molecular complexity index is 1540. The standard InChI is InChI=1S/C21H35FN4O3S/c1-17(2)16-30(28,29)24(4)7-5-6-8-25-9-11-26(12-10-25)21-14-19(22)13-20(15-21)23-18(3)27/h13-15,17H,5-12,16H2,1-4H3,(H,23,27)/i1D3,2D3,3D3,4D3,7D,8D,13D,14D,15D,16D2,17D/hD. The van der Waals surface area contributed by atoms with Gasteiger partial charge in [-0.2, -0.15) is 0 Å². The Morgan fingerprint density at radius 3 is 2.80 bits per heavy atom. The third kappa shape index (κ3) is 7.85. The molecule has 1 aromatic rings. The maximum Gasteiger partial charge on any atom is 0.221 e. The molecule has 170 valence electrons. The molecule has 0 aromatic heterocycles. The number of nitrogens with one attached hydrogen (secondary N) is 1. The minimum absolute atomic E-state index is 0.101. The van der Waals surface area contributed by atoms with Crippen LogP contribution in [0.25, 0.3) is 0 Å². The van der Waals surface area contributed by atoms with Crippen molar-refractivity contribution in [2.24, 2.45) is 5.89 Å². The summed E-state index contributed by atoms with van der Waals surface area (Å²) >= 11 is 0. The molecule has 2 atom stereocenters. The quantitative estimate of drug-likeness (QED) is 0.577. The smallest absolute Gasteiger partial charge is 0.221 e. The summed E-state index contributed by atoms with van der Waals surface area (Å²) in [6, 6.07) is -3.06. The van der Waals surface area contributed by atoms with Crippen molar-refractivity contribution in [3.05, 3.63) is 23.9 Å². The van der Waals surface area contributed by atoms with Crippen LogP contribution < -0.4 is 10.2 Å². The lowest BCUT2D eigenvalue weighted by Crippen LogP contribution is -2.46. The zero-order chi connectivity index (χ0) is 40.2. The Morgan fingerprint density at radius 2 is 2.13 bits per heavy atom. The highest BCUT2D eigenvalue weighted by Gasteiger charge is 2.20. The number of benzene rings is 1. The average Bonchev–Trinajstić information content (AvgIpc) is 2.95. The van der Waals surface area contributed by atoms with E-state index in [1.807, 2.05) is 0 Å². The van der Waals surface area contributed by atoms with Crippen molar-refractivity contribution >= 4 is 27.3 Å². The predicted octanol–water partition coefficient (Wildman–Crippen LogP) is 2.60. The number of rotatable bonds is 10. The van der Waals surface area contributed by atoms with Crippen LogP contribution in [0, 0.1) is 11.7 Å². The first-order valence-electron chi connectivity index (χ1n) is 19.2. The molecule has 1 aliphatic rings. The monoisotopic (exact) mass is 463 g/mol. The highest BCUT2D eigenvalue weighted by molar-refractivity contribution is 7.89. The van der Waals surface area contributed by atoms with Gasteiger partial charge in [-0.25, -0.2) is 17.1 Å². The van der Waals surface area contributed by atoms with E-state index in [1.54, 1.807) is 0 Å². The molecule has 0 bridgehead atoms. The van der Waals surface area contributed by atoms with E-state index in [9.17, 15) is 17.6 Å². The minimum atomic E-state index is -6.25. The van der Waals surface area contributed by atoms with Gasteiger partial charge in [0.1, 0.15) is 5.82 Å². The molecule has 0 aliphatic carbocycles. The summed E-state index contributed by atoms with van der Waals surface area (Å²) in [6.07, 6.45) is -1.27. The maximum absolute atomic E-state index is 14.9. The first-order chi connectivity index (χ1) is 22.6. The minimum Gasteiger partial charge on any atom is -0.369 e. The van der Waals surface area contributed by atoms with Crippen molar-refractivity contribution in [1.29, 1.82) is 0 Å². The van der Waals surface area contributed by atoms with Crippen LogP contribution in [0.5, 0.6) is 0 Å². The molecule has 0 radical (unpaired) electrons. The second kappa shape index (κ2) is 11.1. The molecule has 0 saturated carbocycles. The van der Waals surface area contributed by atoms with Gasteiger partial charge in [-0.3, -0.25) is 9.69 Å². The van der Waals surface area contributed by atoms with Crippen molar-refractivity contribution < 1.29 is 46.4 Å². The van der Waals surface area contributed by atoms with E-state index in [4.69, 9.17) is 28.8 Å². The number of carbonyl (C=O) groups excluding carboxylic acids is 1. The fourth-order valence-corrected chi connectivity index (χ4v) is 3.24. The van der Waals surface area contributed by atoms with Crippen molar-refractivity contribution in [3.8, 4) is 0 Å². The number of hydrogen-bond donors (Lipinski definition) is 1. The number of halogens is 1. The maximum atomic E-state index is 14.9. The Morgan fingerprint density at radius 1 is 1.37 bits per heavy atom. The van der Waals surface area contributed by atoms with Crippen LogP contribution in [0.4, 0.5) is 15.8 Å². The Hall–Kier alpha value is -1.71. The number of nitrogens with zero attached hydrogens (tertiary/aromatic N) is 3. The fraction of sp³-hybridized carbons (Fsp3) is 0.667. The highest BCUT2D eigenvalue weighted by atomic mass is 32.2. The van der Waals surface area contributed by atoms with Gasteiger partial charge >= 0.3 is 0 Å². The summed E-state index contributed by atoms with van der Waals surface area (Å²) in [5.74, 6) is -7.79. The lowest BCUT2D eigenvalue weighted by atomic mass is 10.2. The highest BCUT2D eigenvalue weighted by Crippen LogP contribution is 2.23. The Balaban J connectivity index is 2.32. The van der Waals surface area contributed by atoms with Crippen LogP contribution in [-0.2, 0) is 14.8 Å². The number of anilines is 2. The summed E-state index contributed by atoms with van der Waals surface area (Å²) in [7, 11) is -6.25. The lowest BCUT2D eigenvalue weighted by molar-refractivity contribution is -0.114. The largest absolute Gasteiger partial charge is 0.369 e. The number of hydrogen-bond acceptors (Lipinski definition) is 5. The summed E-state index contributed by atoms with van der Waals surface area (Å²) < 4.78 is 204. The molecule has 7 nitrogen and oxygen atoms in total. The molecule has 1 aliphatic heterocycles. The zero-order valence-corrected chi connectivity index (χ0v) is 16.5. The van der Waals surface area contributed by atoms with E-state index >= 15 is 0 Å². The third-order valence-corrected chi connectivity index (χ3v) is 5.00. The van der Waals surface area contributed by atoms with E-state index in [2.05, 4.69) is 0 Å². The van der Waals surface area contributed by atoms with Crippen LogP contribution in [0.3, 0.4) is 0 Å². The van der Waals surface area contributed by atoms with E-state index in [-0.39, 0.29) is 31.5 Å². The van der Waals surface area contributed by atoms with Crippen LogP contribution in [0.2, 0.25) is 1.41 Å². The first kappa shape index (κ1) is 8.33. The molecular formula is C21H35FN4O3S. The summed E-state index contributed by atoms with van der Waals surface area (Å²) in [6.45, 7) is -19.8. The van der Waals surface area contributed by atoms with Crippen molar-refractivity contribution in [1.82, 2.24) is 9.21 Å². The molecule has 1 saturated heterocycles. The van der Waals surface area contributed by atoms with Gasteiger partial charge in [-0.1, -0.05) is 13.7 Å². The summed E-state index contributed by atoms with van der Waals surface area (Å²) in [5.41, 5.74) is -6.13. The van der Waals surface area contributed by atoms with Gasteiger partial charge in [0.05, 0.1) is 9.82 Å². The van der Waals surface area contributed by atoms with Crippen LogP contribution in [0.1, 0.15) is 60.8 Å². The molecule has 1 amide bonds. The first-order valence-corrected chi connectivity index (χ1v) is 10.0. The van der Waals surface area contributed by atoms with Crippen LogP contribution >= 0.6 is 0 Å². The molecule has 0 spiro atoms. The van der Waals surface area contributed by atoms with Gasteiger partial charge in [0.2, 0.25) is 15.9 Å². The van der Waals surface area contributed by atoms with Crippen molar-refractivity contribution in [3.63, 3.8) is 0 Å². The topological polar surface area (TPSA) is 73.0 Å². The second-order valence-corrected chi connectivity index (χ2v) is 7.59. The van der Waals surface area contributed by atoms with Gasteiger partial charge in [0, 0.05) is 81.2 Å². The molecule has 1 fully saturated rings. The predicted molar refractivity (Wildman–Crippen MR) is 120 cm³/mol. The van der Waals surface area contributed by atoms with Gasteiger partial charge in [-0.15, -0.1) is 0 Å². The molecule has 1 aromatic carbocycles. The van der Waals surface area contributed by atoms with E-state index in [1.165, 1.54) is 9.80 Å². The molecule has 30 heavy (non-hydrogen) atoms. The van der Waals surface area contributed by atoms with Crippen molar-refractivity contribution in [2.45, 2.75) is 33.4 Å². The van der Waals surface area contributed by atoms with Crippen molar-refractivity contribution in [2.75, 3.05) is 62.1 Å². The average molecular weight is 464 g/mol.